The van der Waals surface area contributed by atoms with Gasteiger partial charge in [-0.2, -0.15) is 10.2 Å². The van der Waals surface area contributed by atoms with Crippen molar-refractivity contribution in [3.05, 3.63) is 47.3 Å². The Morgan fingerprint density at radius 1 is 1.10 bits per heavy atom. The second-order valence-corrected chi connectivity index (χ2v) is 7.90. The van der Waals surface area contributed by atoms with Crippen molar-refractivity contribution in [2.75, 3.05) is 26.2 Å². The molecule has 3 aromatic rings. The highest BCUT2D eigenvalue weighted by Gasteiger charge is 2.21. The normalized spacial score (nSPS) is 15.3. The fraction of sp³-hybridized carbons (Fsp3) is 0.500. The van der Waals surface area contributed by atoms with Crippen molar-refractivity contribution < 1.29 is 4.79 Å². The van der Waals surface area contributed by atoms with E-state index in [2.05, 4.69) is 53.2 Å². The second kappa shape index (κ2) is 8.37. The summed E-state index contributed by atoms with van der Waals surface area (Å²) in [5.41, 5.74) is 5.70. The Balaban J connectivity index is 1.30. The number of nitrogens with zero attached hydrogens (tertiary/aromatic N) is 6. The third-order valence-corrected chi connectivity index (χ3v) is 5.76. The van der Waals surface area contributed by atoms with Crippen LogP contribution in [-0.4, -0.2) is 61.4 Å². The molecular formula is C22H30N6O. The van der Waals surface area contributed by atoms with Gasteiger partial charge in [-0.05, 0) is 26.3 Å². The van der Waals surface area contributed by atoms with E-state index in [9.17, 15) is 4.79 Å². The maximum Gasteiger partial charge on any atom is 0.224 e. The van der Waals surface area contributed by atoms with E-state index in [1.165, 1.54) is 11.1 Å². The monoisotopic (exact) mass is 394 g/mol. The average molecular weight is 395 g/mol. The van der Waals surface area contributed by atoms with Crippen LogP contribution in [0.4, 0.5) is 0 Å². The number of carbonyl (C=O) groups is 1. The SMILES string of the molecule is CCn1nc(C)c2c1cnn2CCC(=O)N1CCN(Cc2cccc(C)c2)CC1. The lowest BCUT2D eigenvalue weighted by molar-refractivity contribution is -0.133. The molecule has 0 saturated carbocycles. The number of carbonyl (C=O) groups excluding carboxylic acids is 1. The number of piperazine rings is 1. The van der Waals surface area contributed by atoms with Crippen LogP contribution in [0.5, 0.6) is 0 Å². The summed E-state index contributed by atoms with van der Waals surface area (Å²) in [5.74, 6) is 0.212. The summed E-state index contributed by atoms with van der Waals surface area (Å²) >= 11 is 0. The third-order valence-electron chi connectivity index (χ3n) is 5.76. The van der Waals surface area contributed by atoms with Crippen molar-refractivity contribution in [3.63, 3.8) is 0 Å². The smallest absolute Gasteiger partial charge is 0.224 e. The molecular weight excluding hydrogens is 364 g/mol. The molecule has 4 rings (SSSR count). The molecule has 1 aliphatic heterocycles. The van der Waals surface area contributed by atoms with Gasteiger partial charge in [-0.3, -0.25) is 19.1 Å². The Bertz CT molecular complexity index is 996. The zero-order valence-corrected chi connectivity index (χ0v) is 17.6. The fourth-order valence-electron chi connectivity index (χ4n) is 4.21. The Kier molecular flexibility index (Phi) is 5.67. The first-order valence-electron chi connectivity index (χ1n) is 10.5. The van der Waals surface area contributed by atoms with Crippen LogP contribution in [0, 0.1) is 13.8 Å². The van der Waals surface area contributed by atoms with Crippen LogP contribution in [-0.2, 0) is 24.4 Å². The second-order valence-electron chi connectivity index (χ2n) is 7.90. The molecule has 0 aliphatic carbocycles. The number of fused-ring (bicyclic) bond motifs is 1. The van der Waals surface area contributed by atoms with E-state index in [0.29, 0.717) is 13.0 Å². The van der Waals surface area contributed by atoms with Crippen molar-refractivity contribution in [1.29, 1.82) is 0 Å². The standard InChI is InChI=1S/C22H30N6O/c1-4-27-20-15-23-28(22(20)18(3)24-27)9-8-21(29)26-12-10-25(11-13-26)16-19-7-5-6-17(2)14-19/h5-7,14-15H,4,8-13,16H2,1-3H3. The Labute approximate surface area is 171 Å². The summed E-state index contributed by atoms with van der Waals surface area (Å²) < 4.78 is 3.89. The molecule has 7 heteroatoms. The van der Waals surface area contributed by atoms with Crippen LogP contribution in [0.25, 0.3) is 11.0 Å². The molecule has 1 aromatic carbocycles. The summed E-state index contributed by atoms with van der Waals surface area (Å²) in [4.78, 5) is 17.2. The van der Waals surface area contributed by atoms with Crippen LogP contribution in [0.2, 0.25) is 0 Å². The number of aryl methyl sites for hydroxylation is 4. The highest BCUT2D eigenvalue weighted by molar-refractivity contribution is 5.79. The Hall–Kier alpha value is -2.67. The number of aromatic nitrogens is 4. The van der Waals surface area contributed by atoms with Gasteiger partial charge in [0.25, 0.3) is 0 Å². The fourth-order valence-corrected chi connectivity index (χ4v) is 4.21. The van der Waals surface area contributed by atoms with Gasteiger partial charge in [-0.1, -0.05) is 29.8 Å². The number of amides is 1. The summed E-state index contributed by atoms with van der Waals surface area (Å²) in [5, 5.41) is 9.03. The summed E-state index contributed by atoms with van der Waals surface area (Å²) in [6, 6.07) is 8.66. The zero-order valence-electron chi connectivity index (χ0n) is 17.6. The van der Waals surface area contributed by atoms with Gasteiger partial charge in [-0.15, -0.1) is 0 Å². The van der Waals surface area contributed by atoms with Gasteiger partial charge < -0.3 is 4.90 Å². The molecule has 1 amide bonds. The van der Waals surface area contributed by atoms with Crippen molar-refractivity contribution in [2.45, 2.75) is 46.8 Å². The molecule has 29 heavy (non-hydrogen) atoms. The van der Waals surface area contributed by atoms with Crippen LogP contribution in [0.1, 0.15) is 30.2 Å². The molecule has 0 bridgehead atoms. The van der Waals surface area contributed by atoms with Crippen molar-refractivity contribution >= 4 is 16.9 Å². The van der Waals surface area contributed by atoms with E-state index in [0.717, 1.165) is 56.0 Å². The number of hydrogen-bond donors (Lipinski definition) is 0. The summed E-state index contributed by atoms with van der Waals surface area (Å²) in [6.45, 7) is 12.0. The first kappa shape index (κ1) is 19.6. The van der Waals surface area contributed by atoms with Gasteiger partial charge in [0, 0.05) is 45.7 Å². The molecule has 0 spiro atoms. The van der Waals surface area contributed by atoms with Gasteiger partial charge in [0.15, 0.2) is 0 Å². The highest BCUT2D eigenvalue weighted by Crippen LogP contribution is 2.18. The lowest BCUT2D eigenvalue weighted by Gasteiger charge is -2.35. The van der Waals surface area contributed by atoms with E-state index in [1.54, 1.807) is 0 Å². The molecule has 1 fully saturated rings. The van der Waals surface area contributed by atoms with Gasteiger partial charge >= 0.3 is 0 Å². The van der Waals surface area contributed by atoms with E-state index in [-0.39, 0.29) is 5.91 Å². The molecule has 3 heterocycles. The Morgan fingerprint density at radius 3 is 2.62 bits per heavy atom. The van der Waals surface area contributed by atoms with E-state index in [4.69, 9.17) is 0 Å². The molecule has 0 N–H and O–H groups in total. The van der Waals surface area contributed by atoms with E-state index < -0.39 is 0 Å². The van der Waals surface area contributed by atoms with Crippen molar-refractivity contribution in [2.24, 2.45) is 0 Å². The predicted octanol–water partition coefficient (Wildman–Crippen LogP) is 2.60. The average Bonchev–Trinajstić information content (AvgIpc) is 3.28. The molecule has 154 valence electrons. The minimum atomic E-state index is 0.212. The number of rotatable bonds is 6. The largest absolute Gasteiger partial charge is 0.340 e. The molecule has 7 nitrogen and oxygen atoms in total. The van der Waals surface area contributed by atoms with Gasteiger partial charge in [-0.25, -0.2) is 0 Å². The first-order valence-corrected chi connectivity index (χ1v) is 10.5. The van der Waals surface area contributed by atoms with Gasteiger partial charge in [0.05, 0.1) is 18.4 Å². The predicted molar refractivity (Wildman–Crippen MR) is 114 cm³/mol. The third kappa shape index (κ3) is 4.19. The van der Waals surface area contributed by atoms with Crippen LogP contribution < -0.4 is 0 Å². The minimum Gasteiger partial charge on any atom is -0.340 e. The molecule has 0 radical (unpaired) electrons. The van der Waals surface area contributed by atoms with Gasteiger partial charge in [0.1, 0.15) is 11.0 Å². The number of hydrogen-bond acceptors (Lipinski definition) is 4. The maximum absolute atomic E-state index is 12.7. The quantitative estimate of drug-likeness (QED) is 0.645. The topological polar surface area (TPSA) is 59.2 Å². The van der Waals surface area contributed by atoms with Crippen molar-refractivity contribution in [1.82, 2.24) is 29.4 Å². The molecule has 0 unspecified atom stereocenters. The highest BCUT2D eigenvalue weighted by atomic mass is 16.2. The van der Waals surface area contributed by atoms with Gasteiger partial charge in [0.2, 0.25) is 5.91 Å². The van der Waals surface area contributed by atoms with Crippen LogP contribution in [0.3, 0.4) is 0 Å². The summed E-state index contributed by atoms with van der Waals surface area (Å²) in [7, 11) is 0. The molecule has 2 aromatic heterocycles. The Morgan fingerprint density at radius 2 is 1.90 bits per heavy atom. The zero-order chi connectivity index (χ0) is 20.4. The van der Waals surface area contributed by atoms with Crippen LogP contribution >= 0.6 is 0 Å². The summed E-state index contributed by atoms with van der Waals surface area (Å²) in [6.07, 6.45) is 2.33. The first-order chi connectivity index (χ1) is 14.0. The van der Waals surface area contributed by atoms with Crippen molar-refractivity contribution in [3.8, 4) is 0 Å². The molecule has 1 aliphatic rings. The molecule has 1 saturated heterocycles. The van der Waals surface area contributed by atoms with Crippen LogP contribution in [0.15, 0.2) is 30.5 Å². The molecule has 0 atom stereocenters. The maximum atomic E-state index is 12.7. The lowest BCUT2D eigenvalue weighted by Crippen LogP contribution is -2.48. The lowest BCUT2D eigenvalue weighted by atomic mass is 10.1. The van der Waals surface area contributed by atoms with E-state index >= 15 is 0 Å². The number of benzene rings is 1. The van der Waals surface area contributed by atoms with E-state index in [1.807, 2.05) is 27.4 Å². The minimum absolute atomic E-state index is 0.212.